The van der Waals surface area contributed by atoms with Crippen molar-refractivity contribution in [2.75, 3.05) is 13.1 Å². The van der Waals surface area contributed by atoms with Gasteiger partial charge in [0.15, 0.2) is 0 Å². The van der Waals surface area contributed by atoms with E-state index in [1.54, 1.807) is 50.2 Å². The molecule has 0 saturated carbocycles. The number of hydrogen-bond donors (Lipinski definition) is 1. The van der Waals surface area contributed by atoms with Gasteiger partial charge in [0.1, 0.15) is 0 Å². The molecule has 0 fully saturated rings. The predicted molar refractivity (Wildman–Crippen MR) is 140 cm³/mol. The van der Waals surface area contributed by atoms with Gasteiger partial charge in [-0.3, -0.25) is 9.79 Å². The zero-order valence-electron chi connectivity index (χ0n) is 19.8. The van der Waals surface area contributed by atoms with Crippen LogP contribution in [0.3, 0.4) is 0 Å². The van der Waals surface area contributed by atoms with Crippen LogP contribution in [0, 0.1) is 6.92 Å². The maximum Gasteiger partial charge on any atom is 0.265 e. The van der Waals surface area contributed by atoms with E-state index >= 15 is 0 Å². The molecule has 4 rings (SSSR count). The summed E-state index contributed by atoms with van der Waals surface area (Å²) in [5.41, 5.74) is 1.95. The molecular weight excluding hydrogens is 462 g/mol. The molecule has 0 aliphatic carbocycles. The highest BCUT2D eigenvalue weighted by Crippen LogP contribution is 2.28. The molecular formula is C27H27N3O4S. The van der Waals surface area contributed by atoms with Crippen LogP contribution in [0.5, 0.6) is 5.88 Å². The summed E-state index contributed by atoms with van der Waals surface area (Å²) in [6.45, 7) is 6.17. The predicted octanol–water partition coefficient (Wildman–Crippen LogP) is 4.79. The number of fused-ring (bicyclic) bond motifs is 1. The topological polar surface area (TPSA) is 92.0 Å². The van der Waals surface area contributed by atoms with Crippen LogP contribution in [-0.4, -0.2) is 41.7 Å². The number of aromatic nitrogens is 1. The van der Waals surface area contributed by atoms with E-state index in [-0.39, 0.29) is 16.5 Å². The van der Waals surface area contributed by atoms with Crippen LogP contribution in [0.25, 0.3) is 16.5 Å². The second kappa shape index (κ2) is 9.85. The second-order valence-corrected chi connectivity index (χ2v) is 10.0. The van der Waals surface area contributed by atoms with Gasteiger partial charge in [0, 0.05) is 30.1 Å². The fourth-order valence-electron chi connectivity index (χ4n) is 3.99. The number of rotatable bonds is 7. The van der Waals surface area contributed by atoms with Crippen LogP contribution in [-0.2, 0) is 10.0 Å². The summed E-state index contributed by atoms with van der Waals surface area (Å²) in [5.74, 6) is -0.318. The number of aryl methyl sites for hydroxylation is 1. The molecule has 0 aliphatic rings. The lowest BCUT2D eigenvalue weighted by molar-refractivity contribution is 0.435. The molecule has 3 aromatic carbocycles. The Morgan fingerprint density at radius 1 is 0.943 bits per heavy atom. The molecule has 1 aromatic heterocycles. The summed E-state index contributed by atoms with van der Waals surface area (Å²) in [5, 5.41) is 12.2. The second-order valence-electron chi connectivity index (χ2n) is 8.10. The fraction of sp³-hybridized carbons (Fsp3) is 0.185. The number of sulfonamides is 1. The number of aromatic hydroxyl groups is 1. The van der Waals surface area contributed by atoms with E-state index in [4.69, 9.17) is 0 Å². The van der Waals surface area contributed by atoms with Gasteiger partial charge in [-0.05, 0) is 43.3 Å². The Hall–Kier alpha value is -3.75. The van der Waals surface area contributed by atoms with Gasteiger partial charge in [0.05, 0.1) is 21.8 Å². The Morgan fingerprint density at radius 3 is 2.26 bits per heavy atom. The summed E-state index contributed by atoms with van der Waals surface area (Å²) in [7, 11) is -3.75. The summed E-state index contributed by atoms with van der Waals surface area (Å²) in [4.78, 5) is 18.0. The lowest BCUT2D eigenvalue weighted by atomic mass is 10.1. The van der Waals surface area contributed by atoms with Gasteiger partial charge >= 0.3 is 0 Å². The average Bonchev–Trinajstić information content (AvgIpc) is 2.86. The van der Waals surface area contributed by atoms with Crippen molar-refractivity contribution in [1.29, 1.82) is 0 Å². The van der Waals surface area contributed by atoms with E-state index in [0.717, 1.165) is 10.1 Å². The van der Waals surface area contributed by atoms with Crippen molar-refractivity contribution in [1.82, 2.24) is 8.87 Å². The molecule has 0 atom stereocenters. The van der Waals surface area contributed by atoms with Gasteiger partial charge in [0.2, 0.25) is 15.9 Å². The van der Waals surface area contributed by atoms with Gasteiger partial charge in [-0.2, -0.15) is 4.31 Å². The van der Waals surface area contributed by atoms with E-state index < -0.39 is 15.6 Å². The zero-order valence-corrected chi connectivity index (χ0v) is 20.7. The number of pyridine rings is 1. The summed E-state index contributed by atoms with van der Waals surface area (Å²) in [6.07, 6.45) is 1.52. The average molecular weight is 490 g/mol. The molecule has 7 nitrogen and oxygen atoms in total. The van der Waals surface area contributed by atoms with Crippen molar-refractivity contribution >= 4 is 32.7 Å². The molecule has 1 heterocycles. The Kier molecular flexibility index (Phi) is 6.86. The highest BCUT2D eigenvalue weighted by Gasteiger charge is 2.23. The van der Waals surface area contributed by atoms with Crippen molar-refractivity contribution in [2.45, 2.75) is 25.7 Å². The molecule has 8 heteroatoms. The van der Waals surface area contributed by atoms with Gasteiger partial charge in [0.25, 0.3) is 5.56 Å². The molecule has 0 amide bonds. The van der Waals surface area contributed by atoms with Crippen LogP contribution >= 0.6 is 0 Å². The summed E-state index contributed by atoms with van der Waals surface area (Å²) in [6, 6.07) is 20.6. The Labute approximate surface area is 204 Å². The smallest absolute Gasteiger partial charge is 0.265 e. The molecule has 0 saturated heterocycles. The quantitative estimate of drug-likeness (QED) is 0.378. The van der Waals surface area contributed by atoms with Crippen molar-refractivity contribution in [3.05, 3.63) is 94.3 Å². The summed E-state index contributed by atoms with van der Waals surface area (Å²) < 4.78 is 28.6. The highest BCUT2D eigenvalue weighted by molar-refractivity contribution is 7.89. The SMILES string of the molecule is CCN(CC)S(=O)(=O)c1cccc(-n2c(O)c(C=Nc3ccc(C)cc3)c3ccccc3c2=O)c1. The number of nitrogens with zero attached hydrogens (tertiary/aromatic N) is 3. The van der Waals surface area contributed by atoms with E-state index in [0.29, 0.717) is 35.1 Å². The first-order valence-corrected chi connectivity index (χ1v) is 12.8. The fourth-order valence-corrected chi connectivity index (χ4v) is 5.49. The van der Waals surface area contributed by atoms with E-state index in [2.05, 4.69) is 4.99 Å². The third-order valence-electron chi connectivity index (χ3n) is 5.90. The lowest BCUT2D eigenvalue weighted by Crippen LogP contribution is -2.30. The standard InChI is InChI=1S/C27H27N3O4S/c1-4-29(5-2)35(33,34)22-10-8-9-21(17-22)30-26(31)24-12-7-6-11-23(24)25(27(30)32)18-28-20-15-13-19(3)14-16-20/h6-18,32H,4-5H2,1-3H3. The Bertz CT molecular complexity index is 1570. The monoisotopic (exact) mass is 489 g/mol. The molecule has 35 heavy (non-hydrogen) atoms. The molecule has 0 bridgehead atoms. The van der Waals surface area contributed by atoms with Crippen LogP contribution in [0.4, 0.5) is 5.69 Å². The maximum atomic E-state index is 13.4. The minimum Gasteiger partial charge on any atom is -0.494 e. The molecule has 0 radical (unpaired) electrons. The van der Waals surface area contributed by atoms with Gasteiger partial charge in [-0.1, -0.05) is 55.8 Å². The van der Waals surface area contributed by atoms with Crippen LogP contribution in [0.1, 0.15) is 25.0 Å². The van der Waals surface area contributed by atoms with E-state index in [1.807, 2.05) is 31.2 Å². The van der Waals surface area contributed by atoms with E-state index in [1.165, 1.54) is 22.7 Å². The van der Waals surface area contributed by atoms with Crippen LogP contribution in [0.2, 0.25) is 0 Å². The molecule has 1 N–H and O–H groups in total. The maximum absolute atomic E-state index is 13.4. The van der Waals surface area contributed by atoms with Gasteiger partial charge in [-0.15, -0.1) is 0 Å². The number of hydrogen-bond acceptors (Lipinski definition) is 5. The normalized spacial score (nSPS) is 12.1. The van der Waals surface area contributed by atoms with E-state index in [9.17, 15) is 18.3 Å². The zero-order chi connectivity index (χ0) is 25.2. The van der Waals surface area contributed by atoms with Crippen LogP contribution < -0.4 is 5.56 Å². The van der Waals surface area contributed by atoms with Crippen molar-refractivity contribution in [2.24, 2.45) is 4.99 Å². The minimum absolute atomic E-state index is 0.0491. The largest absolute Gasteiger partial charge is 0.494 e. The first-order chi connectivity index (χ1) is 16.8. The lowest BCUT2D eigenvalue weighted by Gasteiger charge is -2.19. The molecule has 0 unspecified atom stereocenters. The van der Waals surface area contributed by atoms with Crippen molar-refractivity contribution < 1.29 is 13.5 Å². The van der Waals surface area contributed by atoms with Crippen LogP contribution in [0.15, 0.2) is 87.5 Å². The molecule has 0 spiro atoms. The summed E-state index contributed by atoms with van der Waals surface area (Å²) >= 11 is 0. The highest BCUT2D eigenvalue weighted by atomic mass is 32.2. The molecule has 0 aliphatic heterocycles. The first-order valence-electron chi connectivity index (χ1n) is 11.4. The van der Waals surface area contributed by atoms with Crippen molar-refractivity contribution in [3.63, 3.8) is 0 Å². The Morgan fingerprint density at radius 2 is 1.60 bits per heavy atom. The third kappa shape index (κ3) is 4.62. The number of benzene rings is 3. The third-order valence-corrected chi connectivity index (χ3v) is 7.95. The number of aliphatic imine (C=N–C) groups is 1. The van der Waals surface area contributed by atoms with Crippen molar-refractivity contribution in [3.8, 4) is 11.6 Å². The first kappa shape index (κ1) is 24.4. The van der Waals surface area contributed by atoms with Gasteiger partial charge < -0.3 is 5.11 Å². The van der Waals surface area contributed by atoms with Gasteiger partial charge in [-0.25, -0.2) is 13.0 Å². The molecule has 180 valence electrons. The minimum atomic E-state index is -3.75. The Balaban J connectivity index is 1.93. The molecule has 4 aromatic rings.